The van der Waals surface area contributed by atoms with Crippen LogP contribution in [0.3, 0.4) is 0 Å². The summed E-state index contributed by atoms with van der Waals surface area (Å²) < 4.78 is 6.62. The van der Waals surface area contributed by atoms with Crippen molar-refractivity contribution < 1.29 is 9.53 Å². The Kier molecular flexibility index (Phi) is 8.08. The van der Waals surface area contributed by atoms with Crippen molar-refractivity contribution in [2.75, 3.05) is 37.7 Å². The summed E-state index contributed by atoms with van der Waals surface area (Å²) in [6, 6.07) is 13.3. The lowest BCUT2D eigenvalue weighted by molar-refractivity contribution is -0.118. The molecule has 1 aromatic heterocycles. The average molecular weight is 446 g/mol. The molecule has 0 N–H and O–H groups in total. The Morgan fingerprint density at radius 3 is 2.57 bits per heavy atom. The van der Waals surface area contributed by atoms with Crippen LogP contribution < -0.4 is 9.64 Å². The second-order valence-corrected chi connectivity index (χ2v) is 8.32. The molecule has 7 heteroatoms. The van der Waals surface area contributed by atoms with Crippen molar-refractivity contribution in [1.82, 2.24) is 9.88 Å². The maximum Gasteiger partial charge on any atom is 0.233 e. The predicted octanol–water partition coefficient (Wildman–Crippen LogP) is 5.27. The van der Waals surface area contributed by atoms with Gasteiger partial charge in [-0.05, 0) is 49.8 Å². The van der Waals surface area contributed by atoms with E-state index in [1.807, 2.05) is 49.4 Å². The van der Waals surface area contributed by atoms with Crippen LogP contribution >= 0.6 is 22.9 Å². The Hall–Kier alpha value is -2.15. The fraction of sp³-hybridized carbons (Fsp3) is 0.391. The van der Waals surface area contributed by atoms with Gasteiger partial charge in [-0.25, -0.2) is 4.98 Å². The van der Waals surface area contributed by atoms with Crippen LogP contribution in [0.5, 0.6) is 5.75 Å². The standard InChI is InChI=1S/C23H28ClN3O2S/c1-4-26(5-2)13-14-27(22(28)15-17-9-7-8-10-19(17)24)23-25-20-12-11-18(29-6-3)16-21(20)30-23/h7-12,16H,4-6,13-15H2,1-3H3. The zero-order valence-corrected chi connectivity index (χ0v) is 19.3. The molecule has 0 unspecified atom stereocenters. The highest BCUT2D eigenvalue weighted by Crippen LogP contribution is 2.32. The summed E-state index contributed by atoms with van der Waals surface area (Å²) in [6.07, 6.45) is 0.248. The number of ether oxygens (including phenoxy) is 1. The van der Waals surface area contributed by atoms with Crippen LogP contribution in [-0.2, 0) is 11.2 Å². The van der Waals surface area contributed by atoms with Gasteiger partial charge in [-0.1, -0.05) is 55.0 Å². The van der Waals surface area contributed by atoms with Crippen molar-refractivity contribution in [2.45, 2.75) is 27.2 Å². The minimum absolute atomic E-state index is 0.000607. The summed E-state index contributed by atoms with van der Waals surface area (Å²) in [5, 5.41) is 1.32. The number of hydrogen-bond donors (Lipinski definition) is 0. The first-order valence-corrected chi connectivity index (χ1v) is 11.5. The largest absolute Gasteiger partial charge is 0.494 e. The molecule has 5 nitrogen and oxygen atoms in total. The Labute approximate surface area is 187 Å². The summed E-state index contributed by atoms with van der Waals surface area (Å²) in [4.78, 5) is 22.1. The van der Waals surface area contributed by atoms with E-state index in [9.17, 15) is 4.79 Å². The molecular weight excluding hydrogens is 418 g/mol. The Morgan fingerprint density at radius 1 is 1.10 bits per heavy atom. The molecule has 0 aliphatic rings. The molecule has 30 heavy (non-hydrogen) atoms. The van der Waals surface area contributed by atoms with E-state index in [1.165, 1.54) is 11.3 Å². The molecule has 0 aliphatic carbocycles. The summed E-state index contributed by atoms with van der Waals surface area (Å²) in [5.41, 5.74) is 1.70. The molecule has 0 spiro atoms. The number of amides is 1. The Morgan fingerprint density at radius 2 is 1.87 bits per heavy atom. The van der Waals surface area contributed by atoms with E-state index < -0.39 is 0 Å². The first-order valence-electron chi connectivity index (χ1n) is 10.3. The van der Waals surface area contributed by atoms with E-state index in [0.29, 0.717) is 23.3 Å². The van der Waals surface area contributed by atoms with Crippen LogP contribution in [0.15, 0.2) is 42.5 Å². The van der Waals surface area contributed by atoms with Crippen LogP contribution in [0.1, 0.15) is 26.3 Å². The highest BCUT2D eigenvalue weighted by Gasteiger charge is 2.21. The fourth-order valence-electron chi connectivity index (χ4n) is 3.27. The number of halogens is 1. The van der Waals surface area contributed by atoms with Gasteiger partial charge in [0.15, 0.2) is 5.13 Å². The van der Waals surface area contributed by atoms with Crippen LogP contribution in [0.2, 0.25) is 5.02 Å². The number of thiazole rings is 1. The molecule has 1 heterocycles. The molecule has 2 aromatic carbocycles. The van der Waals surface area contributed by atoms with Gasteiger partial charge in [-0.15, -0.1) is 0 Å². The molecule has 0 saturated carbocycles. The second-order valence-electron chi connectivity index (χ2n) is 6.90. The van der Waals surface area contributed by atoms with Crippen LogP contribution in [0.25, 0.3) is 10.2 Å². The number of nitrogens with zero attached hydrogens (tertiary/aromatic N) is 3. The molecule has 0 fully saturated rings. The van der Waals surface area contributed by atoms with Crippen molar-refractivity contribution >= 4 is 44.2 Å². The van der Waals surface area contributed by atoms with Crippen molar-refractivity contribution in [1.29, 1.82) is 0 Å². The molecule has 0 bridgehead atoms. The van der Waals surface area contributed by atoms with E-state index in [0.717, 1.165) is 41.2 Å². The van der Waals surface area contributed by atoms with E-state index in [-0.39, 0.29) is 12.3 Å². The first-order chi connectivity index (χ1) is 14.5. The minimum Gasteiger partial charge on any atom is -0.494 e. The number of fused-ring (bicyclic) bond motifs is 1. The third-order valence-corrected chi connectivity index (χ3v) is 6.44. The summed E-state index contributed by atoms with van der Waals surface area (Å²) >= 11 is 7.81. The van der Waals surface area contributed by atoms with Crippen LogP contribution in [-0.4, -0.2) is 48.6 Å². The number of hydrogen-bond acceptors (Lipinski definition) is 5. The van der Waals surface area contributed by atoms with Gasteiger partial charge in [0.1, 0.15) is 5.75 Å². The topological polar surface area (TPSA) is 45.7 Å². The molecule has 1 amide bonds. The summed E-state index contributed by atoms with van der Waals surface area (Å²) in [5.74, 6) is 0.816. The normalized spacial score (nSPS) is 11.2. The van der Waals surface area contributed by atoms with E-state index in [4.69, 9.17) is 21.3 Å². The van der Waals surface area contributed by atoms with E-state index >= 15 is 0 Å². The van der Waals surface area contributed by atoms with Gasteiger partial charge >= 0.3 is 0 Å². The lowest BCUT2D eigenvalue weighted by Gasteiger charge is -2.25. The number of carbonyl (C=O) groups excluding carboxylic acids is 1. The molecule has 160 valence electrons. The lowest BCUT2D eigenvalue weighted by atomic mass is 10.1. The molecule has 3 rings (SSSR count). The minimum atomic E-state index is -0.000607. The van der Waals surface area contributed by atoms with Gasteiger partial charge in [-0.2, -0.15) is 0 Å². The monoisotopic (exact) mass is 445 g/mol. The number of rotatable bonds is 10. The van der Waals surface area contributed by atoms with Crippen LogP contribution in [0, 0.1) is 0 Å². The predicted molar refractivity (Wildman–Crippen MR) is 126 cm³/mol. The highest BCUT2D eigenvalue weighted by atomic mass is 35.5. The summed E-state index contributed by atoms with van der Waals surface area (Å²) in [7, 11) is 0. The number of benzene rings is 2. The summed E-state index contributed by atoms with van der Waals surface area (Å²) in [6.45, 7) is 10.1. The lowest BCUT2D eigenvalue weighted by Crippen LogP contribution is -2.39. The molecule has 0 saturated heterocycles. The van der Waals surface area contributed by atoms with Crippen molar-refractivity contribution in [3.63, 3.8) is 0 Å². The zero-order valence-electron chi connectivity index (χ0n) is 17.7. The Balaban J connectivity index is 1.89. The van der Waals surface area contributed by atoms with Gasteiger partial charge in [0.05, 0.1) is 23.2 Å². The van der Waals surface area contributed by atoms with Gasteiger partial charge < -0.3 is 9.64 Å². The van der Waals surface area contributed by atoms with Crippen LogP contribution in [0.4, 0.5) is 5.13 Å². The van der Waals surface area contributed by atoms with Gasteiger partial charge in [0.2, 0.25) is 5.91 Å². The van der Waals surface area contributed by atoms with E-state index in [1.54, 1.807) is 4.90 Å². The zero-order chi connectivity index (χ0) is 21.5. The SMILES string of the molecule is CCOc1ccc2nc(N(CCN(CC)CC)C(=O)Cc3ccccc3Cl)sc2c1. The number of anilines is 1. The maximum atomic E-state index is 13.3. The second kappa shape index (κ2) is 10.8. The number of carbonyl (C=O) groups is 1. The Bertz CT molecular complexity index is 987. The van der Waals surface area contributed by atoms with Gasteiger partial charge in [0.25, 0.3) is 0 Å². The maximum absolute atomic E-state index is 13.3. The number of likely N-dealkylation sites (N-methyl/N-ethyl adjacent to an activating group) is 1. The van der Waals surface area contributed by atoms with Gasteiger partial charge in [0, 0.05) is 18.1 Å². The smallest absolute Gasteiger partial charge is 0.233 e. The molecule has 0 radical (unpaired) electrons. The molecular formula is C23H28ClN3O2S. The molecule has 0 atom stereocenters. The van der Waals surface area contributed by atoms with E-state index in [2.05, 4.69) is 18.7 Å². The number of aromatic nitrogens is 1. The third-order valence-electron chi connectivity index (χ3n) is 5.03. The molecule has 3 aromatic rings. The quantitative estimate of drug-likeness (QED) is 0.426. The molecule has 0 aliphatic heterocycles. The van der Waals surface area contributed by atoms with Crippen molar-refractivity contribution in [3.8, 4) is 5.75 Å². The van der Waals surface area contributed by atoms with Crippen molar-refractivity contribution in [2.24, 2.45) is 0 Å². The highest BCUT2D eigenvalue weighted by molar-refractivity contribution is 7.22. The van der Waals surface area contributed by atoms with Crippen molar-refractivity contribution in [3.05, 3.63) is 53.1 Å². The van der Waals surface area contributed by atoms with Gasteiger partial charge in [-0.3, -0.25) is 9.69 Å². The average Bonchev–Trinajstić information content (AvgIpc) is 3.16. The fourth-order valence-corrected chi connectivity index (χ4v) is 4.51. The third kappa shape index (κ3) is 5.50. The first kappa shape index (κ1) is 22.5.